The smallest absolute Gasteiger partial charge is 0.176 e. The maximum Gasteiger partial charge on any atom is 0.176 e. The molecule has 1 aliphatic rings. The van der Waals surface area contributed by atoms with Crippen LogP contribution in [0.25, 0.3) is 0 Å². The number of nitrogens with zero attached hydrogens (tertiary/aromatic N) is 1. The molecule has 16 heavy (non-hydrogen) atoms. The third-order valence-electron chi connectivity index (χ3n) is 3.39. The zero-order valence-corrected chi connectivity index (χ0v) is 10.3. The number of Topliss-reactive ketones (excluding diaryl/α,β-unsaturated/α-hetero) is 1. The summed E-state index contributed by atoms with van der Waals surface area (Å²) in [4.78, 5) is 14.2. The van der Waals surface area contributed by atoms with Crippen LogP contribution < -0.4 is 0 Å². The molecule has 1 aromatic rings. The lowest BCUT2D eigenvalue weighted by atomic mass is 10.0. The van der Waals surface area contributed by atoms with Crippen LogP contribution in [0.15, 0.2) is 18.2 Å². The fourth-order valence-corrected chi connectivity index (χ4v) is 1.88. The first-order chi connectivity index (χ1) is 7.58. The van der Waals surface area contributed by atoms with Gasteiger partial charge in [-0.25, -0.2) is 0 Å². The number of rotatable bonds is 4. The standard InChI is InChI=1S/C14H19NO/c1-10-4-5-12(8-11(10)2)14(16)9-15(3)13-6-7-13/h4-5,8,13H,6-7,9H2,1-3H3. The van der Waals surface area contributed by atoms with E-state index < -0.39 is 0 Å². The van der Waals surface area contributed by atoms with Gasteiger partial charge < -0.3 is 0 Å². The van der Waals surface area contributed by atoms with Crippen molar-refractivity contribution in [1.82, 2.24) is 4.90 Å². The summed E-state index contributed by atoms with van der Waals surface area (Å²) in [6.07, 6.45) is 2.49. The summed E-state index contributed by atoms with van der Waals surface area (Å²) in [5.74, 6) is 0.234. The Hall–Kier alpha value is -1.15. The van der Waals surface area contributed by atoms with Crippen molar-refractivity contribution in [3.63, 3.8) is 0 Å². The summed E-state index contributed by atoms with van der Waals surface area (Å²) >= 11 is 0. The topological polar surface area (TPSA) is 20.3 Å². The largest absolute Gasteiger partial charge is 0.296 e. The van der Waals surface area contributed by atoms with E-state index in [4.69, 9.17) is 0 Å². The molecule has 0 spiro atoms. The molecule has 1 saturated carbocycles. The number of likely N-dealkylation sites (N-methyl/N-ethyl adjacent to an activating group) is 1. The van der Waals surface area contributed by atoms with Gasteiger partial charge in [-0.05, 0) is 50.9 Å². The third-order valence-corrected chi connectivity index (χ3v) is 3.39. The fourth-order valence-electron chi connectivity index (χ4n) is 1.88. The zero-order chi connectivity index (χ0) is 11.7. The average Bonchev–Trinajstić information content (AvgIpc) is 3.05. The molecule has 1 aromatic carbocycles. The number of hydrogen-bond acceptors (Lipinski definition) is 2. The fraction of sp³-hybridized carbons (Fsp3) is 0.500. The molecule has 86 valence electrons. The SMILES string of the molecule is Cc1ccc(C(=O)CN(C)C2CC2)cc1C. The second-order valence-corrected chi connectivity index (χ2v) is 4.87. The zero-order valence-electron chi connectivity index (χ0n) is 10.3. The third kappa shape index (κ3) is 2.50. The highest BCUT2D eigenvalue weighted by Crippen LogP contribution is 2.25. The molecule has 0 heterocycles. The van der Waals surface area contributed by atoms with Gasteiger partial charge in [-0.3, -0.25) is 9.69 Å². The van der Waals surface area contributed by atoms with Crippen molar-refractivity contribution < 1.29 is 4.79 Å². The molecule has 0 atom stereocenters. The van der Waals surface area contributed by atoms with Gasteiger partial charge in [-0.2, -0.15) is 0 Å². The molecule has 2 nitrogen and oxygen atoms in total. The minimum absolute atomic E-state index is 0.234. The number of benzene rings is 1. The number of ketones is 1. The van der Waals surface area contributed by atoms with Crippen LogP contribution in [0.1, 0.15) is 34.3 Å². The summed E-state index contributed by atoms with van der Waals surface area (Å²) in [5, 5.41) is 0. The van der Waals surface area contributed by atoms with E-state index in [0.29, 0.717) is 12.6 Å². The maximum absolute atomic E-state index is 12.0. The first-order valence-electron chi connectivity index (χ1n) is 5.88. The number of hydrogen-bond donors (Lipinski definition) is 0. The second kappa shape index (κ2) is 4.38. The van der Waals surface area contributed by atoms with Gasteiger partial charge in [0.15, 0.2) is 5.78 Å². The van der Waals surface area contributed by atoms with Crippen LogP contribution in [0.2, 0.25) is 0 Å². The van der Waals surface area contributed by atoms with Gasteiger partial charge in [0, 0.05) is 11.6 Å². The van der Waals surface area contributed by atoms with E-state index in [0.717, 1.165) is 5.56 Å². The number of carbonyl (C=O) groups excluding carboxylic acids is 1. The highest BCUT2D eigenvalue weighted by atomic mass is 16.1. The minimum Gasteiger partial charge on any atom is -0.296 e. The van der Waals surface area contributed by atoms with Crippen LogP contribution in [0.4, 0.5) is 0 Å². The summed E-state index contributed by atoms with van der Waals surface area (Å²) in [6.45, 7) is 4.67. The lowest BCUT2D eigenvalue weighted by Gasteiger charge is -2.14. The molecule has 2 rings (SSSR count). The number of aryl methyl sites for hydroxylation is 2. The molecule has 0 unspecified atom stereocenters. The van der Waals surface area contributed by atoms with E-state index >= 15 is 0 Å². The summed E-state index contributed by atoms with van der Waals surface area (Å²) in [7, 11) is 2.04. The molecule has 0 bridgehead atoms. The first-order valence-corrected chi connectivity index (χ1v) is 5.88. The van der Waals surface area contributed by atoms with Crippen molar-refractivity contribution in [3.05, 3.63) is 34.9 Å². The maximum atomic E-state index is 12.0. The van der Waals surface area contributed by atoms with Crippen LogP contribution in [-0.4, -0.2) is 30.3 Å². The van der Waals surface area contributed by atoms with Crippen LogP contribution >= 0.6 is 0 Å². The highest BCUT2D eigenvalue weighted by molar-refractivity contribution is 5.97. The highest BCUT2D eigenvalue weighted by Gasteiger charge is 2.27. The molecule has 0 saturated heterocycles. The van der Waals surface area contributed by atoms with Gasteiger partial charge in [0.25, 0.3) is 0 Å². The predicted octanol–water partition coefficient (Wildman–Crippen LogP) is 2.58. The monoisotopic (exact) mass is 217 g/mol. The van der Waals surface area contributed by atoms with Crippen molar-refractivity contribution >= 4 is 5.78 Å². The Kier molecular flexibility index (Phi) is 3.10. The van der Waals surface area contributed by atoms with E-state index in [9.17, 15) is 4.79 Å². The van der Waals surface area contributed by atoms with E-state index in [2.05, 4.69) is 18.7 Å². The van der Waals surface area contributed by atoms with Crippen molar-refractivity contribution in [1.29, 1.82) is 0 Å². The lowest BCUT2D eigenvalue weighted by Crippen LogP contribution is -2.27. The molecule has 2 heteroatoms. The molecule has 0 N–H and O–H groups in total. The van der Waals surface area contributed by atoms with Gasteiger partial charge in [0.05, 0.1) is 6.54 Å². The van der Waals surface area contributed by atoms with Gasteiger partial charge in [-0.15, -0.1) is 0 Å². The molecular weight excluding hydrogens is 198 g/mol. The van der Waals surface area contributed by atoms with Crippen molar-refractivity contribution in [3.8, 4) is 0 Å². The van der Waals surface area contributed by atoms with E-state index in [1.54, 1.807) is 0 Å². The average molecular weight is 217 g/mol. The van der Waals surface area contributed by atoms with Crippen LogP contribution in [0, 0.1) is 13.8 Å². The van der Waals surface area contributed by atoms with Gasteiger partial charge in [0.1, 0.15) is 0 Å². The Morgan fingerprint density at radius 1 is 1.31 bits per heavy atom. The van der Waals surface area contributed by atoms with Crippen molar-refractivity contribution in [2.24, 2.45) is 0 Å². The van der Waals surface area contributed by atoms with Crippen molar-refractivity contribution in [2.45, 2.75) is 32.7 Å². The molecule has 0 aromatic heterocycles. The summed E-state index contributed by atoms with van der Waals surface area (Å²) in [5.41, 5.74) is 3.28. The van der Waals surface area contributed by atoms with Crippen LogP contribution in [-0.2, 0) is 0 Å². The van der Waals surface area contributed by atoms with Gasteiger partial charge >= 0.3 is 0 Å². The van der Waals surface area contributed by atoms with Crippen LogP contribution in [0.5, 0.6) is 0 Å². The quantitative estimate of drug-likeness (QED) is 0.722. The molecule has 1 fully saturated rings. The predicted molar refractivity (Wildman–Crippen MR) is 65.9 cm³/mol. The summed E-state index contributed by atoms with van der Waals surface area (Å²) in [6, 6.07) is 6.61. The van der Waals surface area contributed by atoms with E-state index in [-0.39, 0.29) is 5.78 Å². The molecule has 0 aliphatic heterocycles. The Labute approximate surface area is 97.3 Å². The number of carbonyl (C=O) groups is 1. The molecule has 0 amide bonds. The lowest BCUT2D eigenvalue weighted by molar-refractivity contribution is 0.0942. The van der Waals surface area contributed by atoms with Crippen LogP contribution in [0.3, 0.4) is 0 Å². The van der Waals surface area contributed by atoms with E-state index in [1.165, 1.54) is 24.0 Å². The Morgan fingerprint density at radius 3 is 2.56 bits per heavy atom. The molecule has 1 aliphatic carbocycles. The van der Waals surface area contributed by atoms with Gasteiger partial charge in [0.2, 0.25) is 0 Å². The Balaban J connectivity index is 2.05. The first kappa shape index (κ1) is 11.3. The van der Waals surface area contributed by atoms with E-state index in [1.807, 2.05) is 25.2 Å². The normalized spacial score (nSPS) is 15.5. The van der Waals surface area contributed by atoms with Crippen molar-refractivity contribution in [2.75, 3.05) is 13.6 Å². The molecule has 0 radical (unpaired) electrons. The molecular formula is C14H19NO. The second-order valence-electron chi connectivity index (χ2n) is 4.87. The Morgan fingerprint density at radius 2 is 2.00 bits per heavy atom. The van der Waals surface area contributed by atoms with Gasteiger partial charge in [-0.1, -0.05) is 12.1 Å². The Bertz CT molecular complexity index is 407. The summed E-state index contributed by atoms with van der Waals surface area (Å²) < 4.78 is 0. The minimum atomic E-state index is 0.234.